The number of benzene rings is 16. The Kier molecular flexibility index (Phi) is 8.98. The average Bonchev–Trinajstić information content (AvgIpc) is 3.91. The predicted octanol–water partition coefficient (Wildman–Crippen LogP) is 21.5. The summed E-state index contributed by atoms with van der Waals surface area (Å²) in [5, 5.41) is 25.0. The molecule has 2 heterocycles. The molecule has 0 amide bonds. The normalized spacial score (nSPS) is 12.2. The van der Waals surface area contributed by atoms with Gasteiger partial charge in [0.1, 0.15) is 0 Å². The second kappa shape index (κ2) is 16.5. The van der Waals surface area contributed by atoms with E-state index in [0.717, 1.165) is 16.8 Å². The van der Waals surface area contributed by atoms with Gasteiger partial charge in [0.05, 0.1) is 33.8 Å². The van der Waals surface area contributed by atoms with Gasteiger partial charge in [-0.15, -0.1) is 0 Å². The summed E-state index contributed by atoms with van der Waals surface area (Å²) in [5.41, 5.74) is 14.2. The second-order valence-corrected chi connectivity index (χ2v) is 21.8. The molecule has 0 aliphatic heterocycles. The van der Waals surface area contributed by atoms with Crippen LogP contribution < -0.4 is 0 Å². The second-order valence-electron chi connectivity index (χ2n) is 21.8. The summed E-state index contributed by atoms with van der Waals surface area (Å²) >= 11 is 0. The summed E-state index contributed by atoms with van der Waals surface area (Å²) < 4.78 is 5.32. The standard InChI is InChI=1S/C78H46N2/c1-5-20-47(21-6-1)69-73-71-58-34-14-16-36-60(58)78-74(70(48-22-7-2-8-23-48)76(55-26-11-4-12-27-55)80(78)64-46-56-32-18-30-50-38-40-52-31-19-37-61(64)67(52)66(50)56)72(71)57-33-13-15-35-59(57)77(73)79(75(69)54-24-9-3-10-25-54)63-45-43-53-41-39-49-28-17-29-51-42-44-62(63)68(53)65(49)51/h1-46H. The molecule has 0 spiro atoms. The van der Waals surface area contributed by atoms with Gasteiger partial charge in [-0.2, -0.15) is 0 Å². The first-order valence-corrected chi connectivity index (χ1v) is 27.8. The maximum absolute atomic E-state index is 2.67. The summed E-state index contributed by atoms with van der Waals surface area (Å²) in [6.07, 6.45) is 0. The Hall–Kier alpha value is -10.5. The van der Waals surface area contributed by atoms with Gasteiger partial charge in [-0.1, -0.05) is 267 Å². The Morgan fingerprint density at radius 1 is 0.188 bits per heavy atom. The van der Waals surface area contributed by atoms with Gasteiger partial charge < -0.3 is 9.13 Å². The van der Waals surface area contributed by atoms with Crippen LogP contribution in [0.5, 0.6) is 0 Å². The van der Waals surface area contributed by atoms with Gasteiger partial charge in [0, 0.05) is 54.2 Å². The molecule has 0 fully saturated rings. The summed E-state index contributed by atoms with van der Waals surface area (Å²) in [5.74, 6) is 0. The van der Waals surface area contributed by atoms with E-state index < -0.39 is 0 Å². The fourth-order valence-electron chi connectivity index (χ4n) is 14.6. The lowest BCUT2D eigenvalue weighted by Crippen LogP contribution is -2.01. The molecule has 0 radical (unpaired) electrons. The molecule has 0 unspecified atom stereocenters. The largest absolute Gasteiger partial charge is 0.307 e. The van der Waals surface area contributed by atoms with Crippen LogP contribution in [0.15, 0.2) is 279 Å². The van der Waals surface area contributed by atoms with E-state index in [1.165, 1.54) is 158 Å². The number of nitrogens with zero attached hydrogens (tertiary/aromatic N) is 2. The molecule has 0 atom stereocenters. The maximum Gasteiger partial charge on any atom is 0.0626 e. The maximum atomic E-state index is 2.67. The molecule has 18 aromatic rings. The molecule has 368 valence electrons. The Morgan fingerprint density at radius 3 is 1.02 bits per heavy atom. The van der Waals surface area contributed by atoms with Gasteiger partial charge in [-0.25, -0.2) is 0 Å². The molecule has 0 saturated heterocycles. The monoisotopic (exact) mass is 1010 g/mol. The number of fused-ring (bicyclic) bond motifs is 11. The smallest absolute Gasteiger partial charge is 0.0626 e. The Labute approximate surface area is 460 Å². The van der Waals surface area contributed by atoms with Crippen molar-refractivity contribution in [1.29, 1.82) is 0 Å². The van der Waals surface area contributed by atoms with Crippen molar-refractivity contribution in [3.8, 4) is 56.1 Å². The summed E-state index contributed by atoms with van der Waals surface area (Å²) in [6, 6.07) is 105. The third-order valence-corrected chi connectivity index (χ3v) is 17.7. The van der Waals surface area contributed by atoms with Crippen molar-refractivity contribution < 1.29 is 0 Å². The minimum atomic E-state index is 1.16. The first-order valence-electron chi connectivity index (χ1n) is 27.8. The van der Waals surface area contributed by atoms with Crippen LogP contribution in [0.1, 0.15) is 0 Å². The van der Waals surface area contributed by atoms with Gasteiger partial charge in [0.25, 0.3) is 0 Å². The van der Waals surface area contributed by atoms with Gasteiger partial charge in [0.15, 0.2) is 0 Å². The van der Waals surface area contributed by atoms with Crippen molar-refractivity contribution in [2.75, 3.05) is 0 Å². The lowest BCUT2D eigenvalue weighted by atomic mass is 9.86. The first-order chi connectivity index (χ1) is 39.8. The molecule has 2 heteroatoms. The number of hydrogen-bond donors (Lipinski definition) is 0. The fraction of sp³-hybridized carbons (Fsp3) is 0. The van der Waals surface area contributed by atoms with E-state index in [1.54, 1.807) is 0 Å². The van der Waals surface area contributed by atoms with Crippen LogP contribution in [0.25, 0.3) is 175 Å². The summed E-state index contributed by atoms with van der Waals surface area (Å²) in [6.45, 7) is 0. The molecule has 0 aliphatic rings. The first kappa shape index (κ1) is 43.5. The average molecular weight is 1010 g/mol. The highest BCUT2D eigenvalue weighted by atomic mass is 15.0. The van der Waals surface area contributed by atoms with Crippen LogP contribution in [-0.4, -0.2) is 9.13 Å². The van der Waals surface area contributed by atoms with Crippen LogP contribution in [0.2, 0.25) is 0 Å². The van der Waals surface area contributed by atoms with E-state index in [4.69, 9.17) is 0 Å². The third kappa shape index (κ3) is 5.86. The minimum absolute atomic E-state index is 1.16. The number of rotatable bonds is 6. The van der Waals surface area contributed by atoms with Crippen LogP contribution in [0, 0.1) is 0 Å². The highest BCUT2D eigenvalue weighted by molar-refractivity contribution is 6.44. The Balaban J connectivity index is 1.14. The van der Waals surface area contributed by atoms with E-state index >= 15 is 0 Å². The van der Waals surface area contributed by atoms with Gasteiger partial charge in [-0.3, -0.25) is 0 Å². The molecular formula is C78H46N2. The zero-order valence-corrected chi connectivity index (χ0v) is 43.5. The Morgan fingerprint density at radius 2 is 0.525 bits per heavy atom. The van der Waals surface area contributed by atoms with E-state index in [2.05, 4.69) is 288 Å². The molecule has 2 aromatic heterocycles. The van der Waals surface area contributed by atoms with E-state index in [1.807, 2.05) is 0 Å². The molecule has 18 rings (SSSR count). The SMILES string of the molecule is c1ccc(-c2c(-c3ccccc3)n(-c3ccc4ccc5cccc6ccc3c4c56)c3c4ccccc4c4c5c(-c6ccccc6)c(-c6ccccc6)n(-c6cc7cccc8ccc9cccc6c9c87)c5c5ccccc5c4c23)cc1. The minimum Gasteiger partial charge on any atom is -0.307 e. The van der Waals surface area contributed by atoms with Crippen molar-refractivity contribution >= 4 is 119 Å². The predicted molar refractivity (Wildman–Crippen MR) is 342 cm³/mol. The van der Waals surface area contributed by atoms with E-state index in [9.17, 15) is 0 Å². The van der Waals surface area contributed by atoms with Crippen molar-refractivity contribution in [3.05, 3.63) is 279 Å². The summed E-state index contributed by atoms with van der Waals surface area (Å²) in [7, 11) is 0. The van der Waals surface area contributed by atoms with Gasteiger partial charge >= 0.3 is 0 Å². The van der Waals surface area contributed by atoms with E-state index in [-0.39, 0.29) is 0 Å². The van der Waals surface area contributed by atoms with Crippen molar-refractivity contribution in [3.63, 3.8) is 0 Å². The lowest BCUT2D eigenvalue weighted by molar-refractivity contribution is 1.16. The van der Waals surface area contributed by atoms with Crippen molar-refractivity contribution in [1.82, 2.24) is 9.13 Å². The Bertz CT molecular complexity index is 5540. The molecule has 2 nitrogen and oxygen atoms in total. The quantitative estimate of drug-likeness (QED) is 0.147. The fourth-order valence-corrected chi connectivity index (χ4v) is 14.6. The number of aromatic nitrogens is 2. The topological polar surface area (TPSA) is 9.86 Å². The van der Waals surface area contributed by atoms with Crippen LogP contribution in [-0.2, 0) is 0 Å². The lowest BCUT2D eigenvalue weighted by Gasteiger charge is -2.20. The zero-order chi connectivity index (χ0) is 52.2. The van der Waals surface area contributed by atoms with E-state index in [0.29, 0.717) is 0 Å². The highest BCUT2D eigenvalue weighted by Gasteiger charge is 2.32. The molecule has 80 heavy (non-hydrogen) atoms. The molecule has 0 N–H and O–H groups in total. The molecule has 0 aliphatic carbocycles. The highest BCUT2D eigenvalue weighted by Crippen LogP contribution is 2.57. The molecule has 0 saturated carbocycles. The van der Waals surface area contributed by atoms with Crippen LogP contribution in [0.3, 0.4) is 0 Å². The zero-order valence-electron chi connectivity index (χ0n) is 43.5. The molecule has 0 bridgehead atoms. The van der Waals surface area contributed by atoms with Gasteiger partial charge in [0.2, 0.25) is 0 Å². The third-order valence-electron chi connectivity index (χ3n) is 17.7. The van der Waals surface area contributed by atoms with Crippen LogP contribution in [0.4, 0.5) is 0 Å². The van der Waals surface area contributed by atoms with Crippen molar-refractivity contribution in [2.24, 2.45) is 0 Å². The molecule has 16 aromatic carbocycles. The van der Waals surface area contributed by atoms with Crippen LogP contribution >= 0.6 is 0 Å². The summed E-state index contributed by atoms with van der Waals surface area (Å²) in [4.78, 5) is 0. The molecular weight excluding hydrogens is 965 g/mol. The van der Waals surface area contributed by atoms with Crippen molar-refractivity contribution in [2.45, 2.75) is 0 Å². The van der Waals surface area contributed by atoms with Gasteiger partial charge in [-0.05, 0) is 99.0 Å². The number of hydrogen-bond acceptors (Lipinski definition) is 0.